The summed E-state index contributed by atoms with van der Waals surface area (Å²) in [6.45, 7) is 6.29. The third kappa shape index (κ3) is 4.96. The predicted molar refractivity (Wildman–Crippen MR) is 94.8 cm³/mol. The number of nitrogens with zero attached hydrogens (tertiary/aromatic N) is 4. The summed E-state index contributed by atoms with van der Waals surface area (Å²) in [6.07, 6.45) is 0.200. The van der Waals surface area contributed by atoms with Gasteiger partial charge in [-0.15, -0.1) is 10.2 Å². The number of anilines is 1. The molecule has 9 heteroatoms. The summed E-state index contributed by atoms with van der Waals surface area (Å²) < 4.78 is 10.1. The van der Waals surface area contributed by atoms with Crippen molar-refractivity contribution >= 4 is 28.3 Å². The van der Waals surface area contributed by atoms with Crippen molar-refractivity contribution in [1.82, 2.24) is 15.1 Å². The van der Waals surface area contributed by atoms with Crippen LogP contribution in [0, 0.1) is 5.92 Å². The van der Waals surface area contributed by atoms with E-state index in [2.05, 4.69) is 10.2 Å². The van der Waals surface area contributed by atoms with Crippen molar-refractivity contribution in [1.29, 1.82) is 0 Å². The second kappa shape index (κ2) is 9.21. The molecule has 0 aliphatic carbocycles. The predicted octanol–water partition coefficient (Wildman–Crippen LogP) is 1.14. The van der Waals surface area contributed by atoms with Crippen LogP contribution in [0.5, 0.6) is 0 Å². The monoisotopic (exact) mass is 370 g/mol. The number of rotatable bonds is 9. The Kier molecular flexibility index (Phi) is 7.27. The van der Waals surface area contributed by atoms with Crippen LogP contribution in [0.15, 0.2) is 0 Å². The van der Waals surface area contributed by atoms with Gasteiger partial charge in [0.1, 0.15) is 5.01 Å². The van der Waals surface area contributed by atoms with Crippen LogP contribution in [0.3, 0.4) is 0 Å². The topological polar surface area (TPSA) is 84.9 Å². The Balaban J connectivity index is 2.04. The van der Waals surface area contributed by atoms with E-state index in [0.717, 1.165) is 5.01 Å². The van der Waals surface area contributed by atoms with Crippen LogP contribution >= 0.6 is 11.3 Å². The molecule has 1 aliphatic rings. The van der Waals surface area contributed by atoms with Crippen LogP contribution in [-0.2, 0) is 19.1 Å². The van der Waals surface area contributed by atoms with E-state index >= 15 is 0 Å². The molecule has 1 aromatic rings. The Morgan fingerprint density at radius 1 is 1.28 bits per heavy atom. The minimum Gasteiger partial charge on any atom is -0.383 e. The quantitative estimate of drug-likeness (QED) is 0.648. The van der Waals surface area contributed by atoms with E-state index in [-0.39, 0.29) is 30.1 Å². The van der Waals surface area contributed by atoms with Gasteiger partial charge in [-0.05, 0) is 0 Å². The average Bonchev–Trinajstić information content (AvgIpc) is 3.21. The largest absolute Gasteiger partial charge is 0.383 e. The SMILES string of the molecule is COCCN(CCOC)C(=O)C1CC(=O)N(c2nnc(C(C)C)s2)C1. The van der Waals surface area contributed by atoms with Gasteiger partial charge in [0.05, 0.1) is 19.1 Å². The van der Waals surface area contributed by atoms with Gasteiger partial charge in [-0.25, -0.2) is 0 Å². The van der Waals surface area contributed by atoms with E-state index in [1.165, 1.54) is 11.3 Å². The van der Waals surface area contributed by atoms with E-state index in [0.29, 0.717) is 38.0 Å². The first-order valence-electron chi connectivity index (χ1n) is 8.38. The van der Waals surface area contributed by atoms with E-state index in [1.807, 2.05) is 13.8 Å². The summed E-state index contributed by atoms with van der Waals surface area (Å²) in [5.74, 6) is -0.227. The molecule has 140 valence electrons. The van der Waals surface area contributed by atoms with Gasteiger partial charge in [0.2, 0.25) is 16.9 Å². The molecule has 1 unspecified atom stereocenters. The molecule has 1 aromatic heterocycles. The number of carbonyl (C=O) groups is 2. The average molecular weight is 370 g/mol. The fourth-order valence-electron chi connectivity index (χ4n) is 2.62. The standard InChI is InChI=1S/C16H26N4O4S/c1-11(2)14-17-18-16(25-14)20-10-12(9-13(20)21)15(22)19(5-7-23-3)6-8-24-4/h11-12H,5-10H2,1-4H3. The molecule has 0 bridgehead atoms. The van der Waals surface area contributed by atoms with Crippen molar-refractivity contribution in [3.63, 3.8) is 0 Å². The second-order valence-corrected chi connectivity index (χ2v) is 7.28. The van der Waals surface area contributed by atoms with Crippen LogP contribution in [0.2, 0.25) is 0 Å². The van der Waals surface area contributed by atoms with Crippen molar-refractivity contribution < 1.29 is 19.1 Å². The molecule has 0 aromatic carbocycles. The summed E-state index contributed by atoms with van der Waals surface area (Å²) in [5, 5.41) is 9.71. The third-order valence-corrected chi connectivity index (χ3v) is 5.32. The Hall–Kier alpha value is -1.58. The molecule has 1 aliphatic heterocycles. The van der Waals surface area contributed by atoms with E-state index in [9.17, 15) is 9.59 Å². The Labute approximate surface area is 152 Å². The lowest BCUT2D eigenvalue weighted by Gasteiger charge is -2.24. The van der Waals surface area contributed by atoms with Gasteiger partial charge < -0.3 is 14.4 Å². The van der Waals surface area contributed by atoms with Crippen molar-refractivity contribution in [3.8, 4) is 0 Å². The smallest absolute Gasteiger partial charge is 0.229 e. The second-order valence-electron chi connectivity index (χ2n) is 6.29. The number of aromatic nitrogens is 2. The number of hydrogen-bond donors (Lipinski definition) is 0. The lowest BCUT2D eigenvalue weighted by Crippen LogP contribution is -2.41. The first-order chi connectivity index (χ1) is 12.0. The van der Waals surface area contributed by atoms with E-state index in [4.69, 9.17) is 9.47 Å². The normalized spacial score (nSPS) is 17.6. The Morgan fingerprint density at radius 2 is 1.92 bits per heavy atom. The number of hydrogen-bond acceptors (Lipinski definition) is 7. The zero-order chi connectivity index (χ0) is 18.4. The van der Waals surface area contributed by atoms with Gasteiger partial charge >= 0.3 is 0 Å². The van der Waals surface area contributed by atoms with Crippen molar-refractivity contribution in [2.45, 2.75) is 26.2 Å². The van der Waals surface area contributed by atoms with Crippen LogP contribution in [0.1, 0.15) is 31.2 Å². The van der Waals surface area contributed by atoms with Gasteiger partial charge in [0, 0.05) is 46.2 Å². The van der Waals surface area contributed by atoms with Gasteiger partial charge in [0.25, 0.3) is 0 Å². The lowest BCUT2D eigenvalue weighted by atomic mass is 10.1. The number of ether oxygens (including phenoxy) is 2. The Bertz CT molecular complexity index is 584. The van der Waals surface area contributed by atoms with E-state index < -0.39 is 0 Å². The van der Waals surface area contributed by atoms with Gasteiger partial charge in [-0.3, -0.25) is 14.5 Å². The molecule has 25 heavy (non-hydrogen) atoms. The highest BCUT2D eigenvalue weighted by Gasteiger charge is 2.38. The van der Waals surface area contributed by atoms with Gasteiger partial charge in [-0.2, -0.15) is 0 Å². The minimum absolute atomic E-state index is 0.0430. The molecule has 2 heterocycles. The molecule has 0 N–H and O–H groups in total. The van der Waals surface area contributed by atoms with Crippen LogP contribution < -0.4 is 4.90 Å². The minimum atomic E-state index is -0.368. The first kappa shape index (κ1) is 19.7. The lowest BCUT2D eigenvalue weighted by molar-refractivity contribution is -0.137. The van der Waals surface area contributed by atoms with Gasteiger partial charge in [-0.1, -0.05) is 25.2 Å². The van der Waals surface area contributed by atoms with Crippen LogP contribution in [0.4, 0.5) is 5.13 Å². The summed E-state index contributed by atoms with van der Waals surface area (Å²) in [5.41, 5.74) is 0. The Morgan fingerprint density at radius 3 is 2.44 bits per heavy atom. The molecule has 2 rings (SSSR count). The molecule has 0 saturated carbocycles. The molecule has 0 spiro atoms. The highest BCUT2D eigenvalue weighted by atomic mass is 32.1. The molecule has 2 amide bonds. The maximum atomic E-state index is 12.8. The van der Waals surface area contributed by atoms with E-state index in [1.54, 1.807) is 24.0 Å². The maximum absolute atomic E-state index is 12.8. The zero-order valence-corrected chi connectivity index (χ0v) is 16.0. The molecule has 1 atom stereocenters. The van der Waals surface area contributed by atoms with Crippen molar-refractivity contribution in [2.75, 3.05) is 52.0 Å². The highest BCUT2D eigenvalue weighted by Crippen LogP contribution is 2.31. The summed E-state index contributed by atoms with van der Waals surface area (Å²) in [4.78, 5) is 28.4. The van der Waals surface area contributed by atoms with Gasteiger partial charge in [0.15, 0.2) is 0 Å². The third-order valence-electron chi connectivity index (χ3n) is 4.07. The molecule has 8 nitrogen and oxygen atoms in total. The molecule has 0 radical (unpaired) electrons. The van der Waals surface area contributed by atoms with Crippen LogP contribution in [0.25, 0.3) is 0 Å². The van der Waals surface area contributed by atoms with Crippen molar-refractivity contribution in [2.24, 2.45) is 5.92 Å². The molecular weight excluding hydrogens is 344 g/mol. The fourth-order valence-corrected chi connectivity index (χ4v) is 3.49. The summed E-state index contributed by atoms with van der Waals surface area (Å²) in [6, 6.07) is 0. The molecule has 1 fully saturated rings. The van der Waals surface area contributed by atoms with Crippen LogP contribution in [-0.4, -0.2) is 74.0 Å². The summed E-state index contributed by atoms with van der Waals surface area (Å²) >= 11 is 1.41. The fraction of sp³-hybridized carbons (Fsp3) is 0.750. The zero-order valence-electron chi connectivity index (χ0n) is 15.2. The summed E-state index contributed by atoms with van der Waals surface area (Å²) in [7, 11) is 3.20. The number of amides is 2. The molecular formula is C16H26N4O4S. The van der Waals surface area contributed by atoms with Crippen molar-refractivity contribution in [3.05, 3.63) is 5.01 Å². The first-order valence-corrected chi connectivity index (χ1v) is 9.20. The molecule has 1 saturated heterocycles. The number of carbonyl (C=O) groups excluding carboxylic acids is 2. The number of methoxy groups -OCH3 is 2. The maximum Gasteiger partial charge on any atom is 0.229 e. The highest BCUT2D eigenvalue weighted by molar-refractivity contribution is 7.15.